The number of ether oxygens (including phenoxy) is 1. The molecule has 0 aliphatic carbocycles. The average Bonchev–Trinajstić information content (AvgIpc) is 2.51. The molecule has 0 saturated heterocycles. The lowest BCUT2D eigenvalue weighted by atomic mass is 10.1. The Balaban J connectivity index is 2.34. The molecule has 7 heteroatoms. The van der Waals surface area contributed by atoms with E-state index in [1.54, 1.807) is 0 Å². The van der Waals surface area contributed by atoms with Gasteiger partial charge in [-0.1, -0.05) is 23.2 Å². The lowest BCUT2D eigenvalue weighted by molar-refractivity contribution is 0.102. The van der Waals surface area contributed by atoms with Crippen LogP contribution in [0.2, 0.25) is 10.0 Å². The van der Waals surface area contributed by atoms with Crippen LogP contribution in [0.25, 0.3) is 0 Å². The van der Waals surface area contributed by atoms with Crippen molar-refractivity contribution in [3.05, 3.63) is 51.5 Å². The molecule has 0 saturated carbocycles. The zero-order chi connectivity index (χ0) is 16.3. The van der Waals surface area contributed by atoms with Crippen LogP contribution in [-0.4, -0.2) is 13.0 Å². The van der Waals surface area contributed by atoms with E-state index in [0.717, 1.165) is 0 Å². The number of carbonyl (C=O) groups excluding carboxylic acids is 1. The summed E-state index contributed by atoms with van der Waals surface area (Å²) in [6.45, 7) is 0. The van der Waals surface area contributed by atoms with E-state index >= 15 is 0 Å². The van der Waals surface area contributed by atoms with Gasteiger partial charge in [-0.15, -0.1) is 0 Å². The maximum Gasteiger partial charge on any atom is 0.259 e. The van der Waals surface area contributed by atoms with Crippen LogP contribution in [0.15, 0.2) is 30.3 Å². The highest BCUT2D eigenvalue weighted by molar-refractivity contribution is 6.42. The molecular formula is C15H11Cl2N3O2. The van der Waals surface area contributed by atoms with E-state index < -0.39 is 5.91 Å². The van der Waals surface area contributed by atoms with Gasteiger partial charge in [-0.25, -0.2) is 0 Å². The lowest BCUT2D eigenvalue weighted by Crippen LogP contribution is -2.14. The number of nitrogens with two attached hydrogens (primary N) is 1. The summed E-state index contributed by atoms with van der Waals surface area (Å²) in [7, 11) is 1.42. The number of anilines is 2. The molecule has 2 aromatic rings. The van der Waals surface area contributed by atoms with E-state index in [1.165, 1.54) is 37.4 Å². The fraction of sp³-hybridized carbons (Fsp3) is 0.0667. The Kier molecular flexibility index (Phi) is 4.76. The molecule has 1 amide bonds. The van der Waals surface area contributed by atoms with Gasteiger partial charge in [-0.3, -0.25) is 4.79 Å². The molecule has 0 atom stereocenters. The molecule has 22 heavy (non-hydrogen) atoms. The molecule has 0 aromatic heterocycles. The number of nitriles is 1. The third-order valence-corrected chi connectivity index (χ3v) is 3.64. The largest absolute Gasteiger partial charge is 0.496 e. The van der Waals surface area contributed by atoms with Gasteiger partial charge in [0.05, 0.1) is 45.7 Å². The normalized spacial score (nSPS) is 9.91. The number of amides is 1. The Morgan fingerprint density at radius 1 is 1.27 bits per heavy atom. The highest BCUT2D eigenvalue weighted by atomic mass is 35.5. The quantitative estimate of drug-likeness (QED) is 0.837. The van der Waals surface area contributed by atoms with Crippen LogP contribution in [-0.2, 0) is 0 Å². The summed E-state index contributed by atoms with van der Waals surface area (Å²) in [6, 6.07) is 9.40. The van der Waals surface area contributed by atoms with Gasteiger partial charge < -0.3 is 15.8 Å². The van der Waals surface area contributed by atoms with Gasteiger partial charge in [0.2, 0.25) is 0 Å². The van der Waals surface area contributed by atoms with Crippen molar-refractivity contribution in [2.45, 2.75) is 0 Å². The van der Waals surface area contributed by atoms with Crippen molar-refractivity contribution in [1.82, 2.24) is 0 Å². The van der Waals surface area contributed by atoms with Gasteiger partial charge in [0.15, 0.2) is 0 Å². The summed E-state index contributed by atoms with van der Waals surface area (Å²) in [4.78, 5) is 12.3. The molecule has 5 nitrogen and oxygen atoms in total. The number of halogens is 2. The molecule has 0 spiro atoms. The van der Waals surface area contributed by atoms with Crippen LogP contribution in [0.3, 0.4) is 0 Å². The number of rotatable bonds is 3. The van der Waals surface area contributed by atoms with Crippen molar-refractivity contribution >= 4 is 40.5 Å². The van der Waals surface area contributed by atoms with Gasteiger partial charge in [0.1, 0.15) is 5.75 Å². The second-order valence-electron chi connectivity index (χ2n) is 4.33. The fourth-order valence-corrected chi connectivity index (χ4v) is 2.14. The summed E-state index contributed by atoms with van der Waals surface area (Å²) >= 11 is 11.8. The molecule has 0 bridgehead atoms. The number of hydrogen-bond donors (Lipinski definition) is 2. The second kappa shape index (κ2) is 6.56. The Bertz CT molecular complexity index is 785. The van der Waals surface area contributed by atoms with E-state index in [-0.39, 0.29) is 22.0 Å². The van der Waals surface area contributed by atoms with Crippen LogP contribution in [0, 0.1) is 11.3 Å². The second-order valence-corrected chi connectivity index (χ2v) is 5.15. The fourth-order valence-electron chi connectivity index (χ4n) is 1.81. The molecule has 2 rings (SSSR count). The van der Waals surface area contributed by atoms with Crippen molar-refractivity contribution in [3.63, 3.8) is 0 Å². The summed E-state index contributed by atoms with van der Waals surface area (Å²) in [5, 5.41) is 12.1. The molecule has 0 aliphatic rings. The minimum absolute atomic E-state index is 0.270. The zero-order valence-corrected chi connectivity index (χ0v) is 13.0. The molecule has 2 aromatic carbocycles. The predicted molar refractivity (Wildman–Crippen MR) is 86.5 cm³/mol. The van der Waals surface area contributed by atoms with Gasteiger partial charge in [-0.2, -0.15) is 5.26 Å². The SMILES string of the molecule is COc1cc(C#N)ccc1C(=O)Nc1cc(Cl)c(Cl)cc1N. The van der Waals surface area contributed by atoms with Gasteiger partial charge in [-0.05, 0) is 30.3 Å². The van der Waals surface area contributed by atoms with Gasteiger partial charge in [0.25, 0.3) is 5.91 Å². The topological polar surface area (TPSA) is 88.1 Å². The highest BCUT2D eigenvalue weighted by Crippen LogP contribution is 2.31. The standard InChI is InChI=1S/C15H11Cl2N3O2/c1-22-14-4-8(7-18)2-3-9(14)15(21)20-13-6-11(17)10(16)5-12(13)19/h2-6H,19H2,1H3,(H,20,21). The van der Waals surface area contributed by atoms with Crippen molar-refractivity contribution in [2.24, 2.45) is 0 Å². The van der Waals surface area contributed by atoms with Crippen molar-refractivity contribution in [1.29, 1.82) is 5.26 Å². The molecule has 0 aliphatic heterocycles. The van der Waals surface area contributed by atoms with E-state index in [1.807, 2.05) is 6.07 Å². The first-order valence-corrected chi connectivity index (χ1v) is 6.86. The van der Waals surface area contributed by atoms with E-state index in [0.29, 0.717) is 16.3 Å². The molecule has 0 unspecified atom stereocenters. The Hall–Kier alpha value is -2.42. The van der Waals surface area contributed by atoms with Gasteiger partial charge >= 0.3 is 0 Å². The summed E-state index contributed by atoms with van der Waals surface area (Å²) in [5.74, 6) is -0.151. The third kappa shape index (κ3) is 3.25. The van der Waals surface area contributed by atoms with Crippen LogP contribution in [0.1, 0.15) is 15.9 Å². The van der Waals surface area contributed by atoms with Crippen molar-refractivity contribution < 1.29 is 9.53 Å². The third-order valence-electron chi connectivity index (χ3n) is 2.92. The maximum atomic E-state index is 12.3. The Morgan fingerprint density at radius 2 is 1.95 bits per heavy atom. The number of nitrogens with one attached hydrogen (secondary N) is 1. The number of methoxy groups -OCH3 is 1. The Morgan fingerprint density at radius 3 is 2.59 bits per heavy atom. The minimum Gasteiger partial charge on any atom is -0.496 e. The zero-order valence-electron chi connectivity index (χ0n) is 11.5. The smallest absolute Gasteiger partial charge is 0.259 e. The van der Waals surface area contributed by atoms with Crippen LogP contribution in [0.4, 0.5) is 11.4 Å². The lowest BCUT2D eigenvalue weighted by Gasteiger charge is -2.12. The molecule has 112 valence electrons. The number of nitrogen functional groups attached to an aromatic ring is 1. The summed E-state index contributed by atoms with van der Waals surface area (Å²) in [5.41, 5.74) is 7.09. The molecule has 0 radical (unpaired) electrons. The number of benzene rings is 2. The van der Waals surface area contributed by atoms with Crippen molar-refractivity contribution in [3.8, 4) is 11.8 Å². The summed E-state index contributed by atoms with van der Waals surface area (Å²) in [6.07, 6.45) is 0. The molecule has 3 N–H and O–H groups in total. The van der Waals surface area contributed by atoms with E-state index in [4.69, 9.17) is 38.9 Å². The van der Waals surface area contributed by atoms with Gasteiger partial charge in [0, 0.05) is 0 Å². The highest BCUT2D eigenvalue weighted by Gasteiger charge is 2.15. The van der Waals surface area contributed by atoms with Crippen LogP contribution >= 0.6 is 23.2 Å². The first kappa shape index (κ1) is 16.0. The monoisotopic (exact) mass is 335 g/mol. The van der Waals surface area contributed by atoms with Crippen LogP contribution < -0.4 is 15.8 Å². The first-order valence-electron chi connectivity index (χ1n) is 6.10. The van der Waals surface area contributed by atoms with Crippen molar-refractivity contribution in [2.75, 3.05) is 18.2 Å². The first-order chi connectivity index (χ1) is 10.5. The average molecular weight is 336 g/mol. The van der Waals surface area contributed by atoms with E-state index in [9.17, 15) is 4.79 Å². The Labute approximate surface area is 137 Å². The number of carbonyl (C=O) groups is 1. The van der Waals surface area contributed by atoms with Crippen LogP contribution in [0.5, 0.6) is 5.75 Å². The maximum absolute atomic E-state index is 12.3. The molecule has 0 heterocycles. The predicted octanol–water partition coefficient (Wildman–Crippen LogP) is 3.71. The number of nitrogens with zero attached hydrogens (tertiary/aromatic N) is 1. The number of hydrogen-bond acceptors (Lipinski definition) is 4. The molecule has 0 fully saturated rings. The summed E-state index contributed by atoms with van der Waals surface area (Å²) < 4.78 is 5.13. The molecular weight excluding hydrogens is 325 g/mol. The minimum atomic E-state index is -0.438. The van der Waals surface area contributed by atoms with E-state index in [2.05, 4.69) is 5.32 Å².